The first-order valence-electron chi connectivity index (χ1n) is 7.01. The molecule has 0 bridgehead atoms. The molecule has 0 fully saturated rings. The topological polar surface area (TPSA) is 75.1 Å². The summed E-state index contributed by atoms with van der Waals surface area (Å²) < 4.78 is 0. The van der Waals surface area contributed by atoms with E-state index in [-0.39, 0.29) is 0 Å². The first-order chi connectivity index (χ1) is 10.1. The van der Waals surface area contributed by atoms with Crippen molar-refractivity contribution in [1.82, 2.24) is 9.97 Å². The maximum Gasteiger partial charge on any atom is 0.312 e. The molecule has 3 rings (SSSR count). The van der Waals surface area contributed by atoms with Gasteiger partial charge in [0.15, 0.2) is 5.13 Å². The first kappa shape index (κ1) is 14.0. The predicted octanol–water partition coefficient (Wildman–Crippen LogP) is 2.96. The van der Waals surface area contributed by atoms with Crippen molar-refractivity contribution < 1.29 is 9.90 Å². The fraction of sp³-hybridized carbons (Fsp3) is 0.400. The van der Waals surface area contributed by atoms with Gasteiger partial charge in [-0.25, -0.2) is 4.98 Å². The minimum absolute atomic E-state index is 0.443. The van der Waals surface area contributed by atoms with Crippen LogP contribution in [0.5, 0.6) is 0 Å². The summed E-state index contributed by atoms with van der Waals surface area (Å²) in [6, 6.07) is 4.01. The molecule has 2 aromatic heterocycles. The average Bonchev–Trinajstić information content (AvgIpc) is 2.89. The third kappa shape index (κ3) is 3.05. The number of nitrogens with one attached hydrogen (secondary N) is 1. The van der Waals surface area contributed by atoms with E-state index in [2.05, 4.69) is 15.3 Å². The number of fused-ring (bicyclic) bond motifs is 1. The Hall–Kier alpha value is -1.95. The number of carboxylic acids is 1. The van der Waals surface area contributed by atoms with Gasteiger partial charge in [-0.1, -0.05) is 6.07 Å². The average molecular weight is 303 g/mol. The molecule has 0 spiro atoms. The number of pyridine rings is 1. The van der Waals surface area contributed by atoms with Gasteiger partial charge in [-0.05, 0) is 37.8 Å². The summed E-state index contributed by atoms with van der Waals surface area (Å²) in [7, 11) is 0. The zero-order chi connectivity index (χ0) is 14.8. The van der Waals surface area contributed by atoms with Crippen molar-refractivity contribution in [3.05, 3.63) is 40.2 Å². The van der Waals surface area contributed by atoms with Crippen LogP contribution in [-0.2, 0) is 17.8 Å². The number of thiazole rings is 1. The largest absolute Gasteiger partial charge is 0.481 e. The molecule has 21 heavy (non-hydrogen) atoms. The van der Waals surface area contributed by atoms with Crippen LogP contribution in [0.15, 0.2) is 18.3 Å². The van der Waals surface area contributed by atoms with Crippen molar-refractivity contribution in [2.24, 2.45) is 0 Å². The molecule has 1 aliphatic carbocycles. The van der Waals surface area contributed by atoms with Crippen molar-refractivity contribution in [1.29, 1.82) is 0 Å². The minimum atomic E-state index is -0.768. The maximum atomic E-state index is 11.3. The van der Waals surface area contributed by atoms with Gasteiger partial charge in [0.25, 0.3) is 0 Å². The molecule has 6 heteroatoms. The molecule has 110 valence electrons. The van der Waals surface area contributed by atoms with E-state index in [0.29, 0.717) is 13.0 Å². The number of carboxylic acid groups (broad SMARTS) is 1. The van der Waals surface area contributed by atoms with Crippen LogP contribution >= 0.6 is 11.3 Å². The number of carbonyl (C=O) groups is 1. The van der Waals surface area contributed by atoms with E-state index >= 15 is 0 Å². The number of aromatic nitrogens is 2. The predicted molar refractivity (Wildman–Crippen MR) is 81.7 cm³/mol. The van der Waals surface area contributed by atoms with Crippen molar-refractivity contribution in [3.8, 4) is 0 Å². The Morgan fingerprint density at radius 1 is 1.52 bits per heavy atom. The van der Waals surface area contributed by atoms with Crippen molar-refractivity contribution in [2.75, 3.05) is 5.32 Å². The zero-order valence-corrected chi connectivity index (χ0v) is 12.6. The van der Waals surface area contributed by atoms with Gasteiger partial charge in [0, 0.05) is 23.3 Å². The number of anilines is 1. The summed E-state index contributed by atoms with van der Waals surface area (Å²) in [5.41, 5.74) is 2.83. The lowest BCUT2D eigenvalue weighted by Crippen LogP contribution is -2.17. The van der Waals surface area contributed by atoms with Gasteiger partial charge in [-0.15, -0.1) is 11.3 Å². The van der Waals surface area contributed by atoms with Crippen LogP contribution in [0.4, 0.5) is 5.13 Å². The quantitative estimate of drug-likeness (QED) is 0.908. The third-order valence-electron chi connectivity index (χ3n) is 3.67. The number of rotatable bonds is 4. The lowest BCUT2D eigenvalue weighted by atomic mass is 9.91. The fourth-order valence-electron chi connectivity index (χ4n) is 2.52. The van der Waals surface area contributed by atoms with Gasteiger partial charge in [0.2, 0.25) is 0 Å². The van der Waals surface area contributed by atoms with Crippen molar-refractivity contribution >= 4 is 22.4 Å². The molecule has 1 atom stereocenters. The molecule has 0 aromatic carbocycles. The number of aliphatic carboxylic acids is 1. The Morgan fingerprint density at radius 2 is 2.38 bits per heavy atom. The Bertz CT molecular complexity index is 651. The van der Waals surface area contributed by atoms with Crippen LogP contribution in [0.1, 0.15) is 40.6 Å². The van der Waals surface area contributed by atoms with E-state index in [9.17, 15) is 9.90 Å². The SMILES string of the molecule is Cc1ccc(CNc2nc3c(s2)CCCC3C(=O)O)cn1. The van der Waals surface area contributed by atoms with Crippen LogP contribution in [0, 0.1) is 6.92 Å². The van der Waals surface area contributed by atoms with Crippen LogP contribution in [-0.4, -0.2) is 21.0 Å². The van der Waals surface area contributed by atoms with Gasteiger partial charge < -0.3 is 10.4 Å². The van der Waals surface area contributed by atoms with Crippen molar-refractivity contribution in [3.63, 3.8) is 0 Å². The second-order valence-electron chi connectivity index (χ2n) is 5.27. The molecule has 2 aromatic rings. The van der Waals surface area contributed by atoms with Crippen LogP contribution in [0.25, 0.3) is 0 Å². The molecular formula is C15H17N3O2S. The summed E-state index contributed by atoms with van der Waals surface area (Å²) in [6.45, 7) is 2.61. The highest BCUT2D eigenvalue weighted by atomic mass is 32.1. The molecule has 2 heterocycles. The standard InChI is InChI=1S/C15H17N3O2S/c1-9-5-6-10(7-16-9)8-17-15-18-13-11(14(19)20)3-2-4-12(13)21-15/h5-7,11H,2-4,8H2,1H3,(H,17,18)(H,19,20). The zero-order valence-electron chi connectivity index (χ0n) is 11.8. The smallest absolute Gasteiger partial charge is 0.312 e. The monoisotopic (exact) mass is 303 g/mol. The highest BCUT2D eigenvalue weighted by molar-refractivity contribution is 7.15. The Morgan fingerprint density at radius 3 is 3.10 bits per heavy atom. The third-order valence-corrected chi connectivity index (χ3v) is 4.76. The summed E-state index contributed by atoms with van der Waals surface area (Å²) in [5.74, 6) is -1.21. The van der Waals surface area contributed by atoms with E-state index in [1.54, 1.807) is 11.3 Å². The molecule has 2 N–H and O–H groups in total. The van der Waals surface area contributed by atoms with Crippen LogP contribution in [0.2, 0.25) is 0 Å². The second-order valence-corrected chi connectivity index (χ2v) is 6.36. The molecule has 0 amide bonds. The maximum absolute atomic E-state index is 11.3. The second kappa shape index (κ2) is 5.81. The Labute approximate surface area is 127 Å². The lowest BCUT2D eigenvalue weighted by molar-refractivity contribution is -0.139. The molecular weight excluding hydrogens is 286 g/mol. The first-order valence-corrected chi connectivity index (χ1v) is 7.83. The molecule has 0 aliphatic heterocycles. The highest BCUT2D eigenvalue weighted by Crippen LogP contribution is 2.36. The van der Waals surface area contributed by atoms with Gasteiger partial charge in [0.1, 0.15) is 5.92 Å². The van der Waals surface area contributed by atoms with Crippen LogP contribution < -0.4 is 5.32 Å². The Kier molecular flexibility index (Phi) is 3.88. The number of nitrogens with zero attached hydrogens (tertiary/aromatic N) is 2. The van der Waals surface area contributed by atoms with E-state index < -0.39 is 11.9 Å². The lowest BCUT2D eigenvalue weighted by Gasteiger charge is -2.16. The molecule has 1 aliphatic rings. The van der Waals surface area contributed by atoms with E-state index in [4.69, 9.17) is 0 Å². The molecule has 0 saturated heterocycles. The summed E-state index contributed by atoms with van der Waals surface area (Å²) in [6.07, 6.45) is 4.39. The molecule has 0 radical (unpaired) electrons. The van der Waals surface area contributed by atoms with Gasteiger partial charge in [-0.2, -0.15) is 0 Å². The fourth-order valence-corrected chi connectivity index (χ4v) is 3.58. The van der Waals surface area contributed by atoms with E-state index in [0.717, 1.165) is 39.8 Å². The molecule has 1 unspecified atom stereocenters. The summed E-state index contributed by atoms with van der Waals surface area (Å²) >= 11 is 1.57. The number of hydrogen-bond donors (Lipinski definition) is 2. The Balaban J connectivity index is 1.72. The van der Waals surface area contributed by atoms with E-state index in [1.165, 1.54) is 0 Å². The summed E-state index contributed by atoms with van der Waals surface area (Å²) in [5, 5.41) is 13.3. The minimum Gasteiger partial charge on any atom is -0.481 e. The molecule has 0 saturated carbocycles. The van der Waals surface area contributed by atoms with Gasteiger partial charge in [0.05, 0.1) is 5.69 Å². The van der Waals surface area contributed by atoms with Crippen molar-refractivity contribution in [2.45, 2.75) is 38.6 Å². The summed E-state index contributed by atoms with van der Waals surface area (Å²) in [4.78, 5) is 21.1. The number of aryl methyl sites for hydroxylation is 2. The van der Waals surface area contributed by atoms with Gasteiger partial charge >= 0.3 is 5.97 Å². The number of hydrogen-bond acceptors (Lipinski definition) is 5. The normalized spacial score (nSPS) is 17.3. The van der Waals surface area contributed by atoms with E-state index in [1.807, 2.05) is 25.3 Å². The van der Waals surface area contributed by atoms with Crippen LogP contribution in [0.3, 0.4) is 0 Å². The molecule has 5 nitrogen and oxygen atoms in total. The van der Waals surface area contributed by atoms with Gasteiger partial charge in [-0.3, -0.25) is 9.78 Å². The highest BCUT2D eigenvalue weighted by Gasteiger charge is 2.29.